The van der Waals surface area contributed by atoms with E-state index < -0.39 is 167 Å². The summed E-state index contributed by atoms with van der Waals surface area (Å²) in [6, 6.07) is -2.99. The quantitative estimate of drug-likeness (QED) is 0.0308. The lowest BCUT2D eigenvalue weighted by Crippen LogP contribution is -2.69. The molecule has 3 rings (SSSR count). The van der Waals surface area contributed by atoms with Crippen molar-refractivity contribution < 1.29 is 109 Å². The summed E-state index contributed by atoms with van der Waals surface area (Å²) in [6.45, 7) is 2.21. The van der Waals surface area contributed by atoms with E-state index in [2.05, 4.69) is 24.5 Å². The average Bonchev–Trinajstić information content (AvgIpc) is 3.65. The standard InChI is InChI=1S/C61H112N2O22/c1-4-6-8-10-12-14-16-17-18-19-20-21-22-24-26-28-30-32-34-43(66)57(77)62-41(42(65)33-31-29-27-25-23-15-13-11-9-7-5-2)37-80-59-55(76)53(74)51(72)46(84-59)38-82-61(60(78)79)35-44(67)48(56(85-61)50(71)45(68)36-64)63-47(69)39-81-58-54(75)52(73)49(70)40(3)83-58/h31,33,40-46,48-56,58-59,64-68,70-76H,4-30,32,34-39H2,1-3H3,(H,62,77)(H,63,69)(H,78,79)/b33-31+/t40-,41-,42+,43+,44-,45+,46+,48+,49+,50+,51+,52+,53-,54-,55+,56+,58+,59+,61+/m0/s1. The van der Waals surface area contributed by atoms with Gasteiger partial charge in [-0.25, -0.2) is 4.79 Å². The topological polar surface area (TPSA) is 394 Å². The van der Waals surface area contributed by atoms with Crippen LogP contribution in [0.15, 0.2) is 12.2 Å². The first-order chi connectivity index (χ1) is 40.7. The number of hydrogen-bond acceptors (Lipinski definition) is 21. The second-order valence-electron chi connectivity index (χ2n) is 23.9. The van der Waals surface area contributed by atoms with Gasteiger partial charge in [0.05, 0.1) is 50.2 Å². The van der Waals surface area contributed by atoms with E-state index in [1.165, 1.54) is 129 Å². The van der Waals surface area contributed by atoms with Crippen LogP contribution < -0.4 is 10.6 Å². The molecule has 3 aliphatic rings. The smallest absolute Gasteiger partial charge is 0.364 e. The molecule has 0 aromatic carbocycles. The van der Waals surface area contributed by atoms with Gasteiger partial charge in [-0.05, 0) is 26.2 Å². The van der Waals surface area contributed by atoms with Crippen LogP contribution in [0.3, 0.4) is 0 Å². The van der Waals surface area contributed by atoms with Gasteiger partial charge in [0.15, 0.2) is 12.6 Å². The zero-order chi connectivity index (χ0) is 62.7. The van der Waals surface area contributed by atoms with Crippen LogP contribution in [0.5, 0.6) is 0 Å². The number of carboxylic acid groups (broad SMARTS) is 1. The third kappa shape index (κ3) is 27.6. The molecule has 0 aliphatic carbocycles. The second kappa shape index (κ2) is 43.2. The molecule has 15 N–H and O–H groups in total. The van der Waals surface area contributed by atoms with Gasteiger partial charge in [0.1, 0.15) is 73.8 Å². The maximum atomic E-state index is 13.5. The summed E-state index contributed by atoms with van der Waals surface area (Å²) in [6.07, 6.45) is 6.56. The zero-order valence-electron chi connectivity index (χ0n) is 51.1. The molecule has 0 unspecified atom stereocenters. The lowest BCUT2D eigenvalue weighted by molar-refractivity contribution is -0.339. The summed E-state index contributed by atoms with van der Waals surface area (Å²) in [7, 11) is 0. The van der Waals surface area contributed by atoms with E-state index in [1.807, 2.05) is 0 Å². The predicted molar refractivity (Wildman–Crippen MR) is 312 cm³/mol. The monoisotopic (exact) mass is 1220 g/mol. The first-order valence-corrected chi connectivity index (χ1v) is 32.2. The molecule has 0 bridgehead atoms. The molecule has 498 valence electrons. The van der Waals surface area contributed by atoms with Crippen molar-refractivity contribution in [2.45, 2.75) is 329 Å². The first-order valence-electron chi connectivity index (χ1n) is 32.2. The molecule has 0 radical (unpaired) electrons. The Morgan fingerprint density at radius 3 is 1.61 bits per heavy atom. The van der Waals surface area contributed by atoms with Gasteiger partial charge in [0.2, 0.25) is 11.8 Å². The highest BCUT2D eigenvalue weighted by Crippen LogP contribution is 2.35. The Hall–Kier alpha value is -2.57. The molecule has 3 aliphatic heterocycles. The number of amides is 2. The summed E-state index contributed by atoms with van der Waals surface area (Å²) < 4.78 is 33.7. The highest BCUT2D eigenvalue weighted by atomic mass is 16.7. The Morgan fingerprint density at radius 2 is 1.11 bits per heavy atom. The molecule has 3 heterocycles. The minimum absolute atomic E-state index is 0.171. The van der Waals surface area contributed by atoms with Crippen LogP contribution in [-0.2, 0) is 42.8 Å². The van der Waals surface area contributed by atoms with Crippen LogP contribution in [0, 0.1) is 0 Å². The molecule has 0 aromatic rings. The minimum Gasteiger partial charge on any atom is -0.477 e. The molecule has 24 heteroatoms. The number of nitrogens with one attached hydrogen (secondary N) is 2. The largest absolute Gasteiger partial charge is 0.477 e. The minimum atomic E-state index is -2.96. The fourth-order valence-electron chi connectivity index (χ4n) is 11.0. The summed E-state index contributed by atoms with van der Waals surface area (Å²) in [4.78, 5) is 39.6. The number of allylic oxidation sites excluding steroid dienone is 1. The molecule has 19 atom stereocenters. The molecule has 3 fully saturated rings. The van der Waals surface area contributed by atoms with E-state index >= 15 is 0 Å². The van der Waals surface area contributed by atoms with E-state index in [-0.39, 0.29) is 6.42 Å². The van der Waals surface area contributed by atoms with Gasteiger partial charge in [-0.3, -0.25) is 9.59 Å². The highest BCUT2D eigenvalue weighted by molar-refractivity contribution is 5.81. The Balaban J connectivity index is 1.62. The van der Waals surface area contributed by atoms with Gasteiger partial charge in [0.25, 0.3) is 5.79 Å². The number of carboxylic acids is 1. The zero-order valence-corrected chi connectivity index (χ0v) is 51.1. The average molecular weight is 1230 g/mol. The van der Waals surface area contributed by atoms with E-state index in [9.17, 15) is 80.8 Å². The van der Waals surface area contributed by atoms with Crippen molar-refractivity contribution in [2.24, 2.45) is 0 Å². The Bertz CT molecular complexity index is 1810. The Morgan fingerprint density at radius 1 is 0.624 bits per heavy atom. The van der Waals surface area contributed by atoms with Gasteiger partial charge < -0.3 is 105 Å². The SMILES string of the molecule is CCCCCCCCCCC/C=C/[C@@H](O)[C@H](CO[C@@H]1O[C@H](CO[C@]2(C(=O)O)C[C@H](O)[C@@H](NC(=O)CO[C@@H]3O[C@@H](C)[C@@H](O)[C@@H](O)[C@@H]3O)[C@H]([C@H](O)[C@H](O)CO)O2)[C@@H](O)[C@H](O)[C@H]1O)NC(=O)[C@H](O)CCCCCCCCCCCCCCCCCCCC. The maximum Gasteiger partial charge on any atom is 0.364 e. The number of unbranched alkanes of at least 4 members (excludes halogenated alkanes) is 26. The van der Waals surface area contributed by atoms with E-state index in [1.54, 1.807) is 6.08 Å². The van der Waals surface area contributed by atoms with Crippen LogP contribution in [-0.4, -0.2) is 227 Å². The summed E-state index contributed by atoms with van der Waals surface area (Å²) in [5, 5.41) is 144. The fraction of sp³-hybridized carbons (Fsp3) is 0.918. The Kier molecular flexibility index (Phi) is 39.0. The van der Waals surface area contributed by atoms with Crippen LogP contribution in [0.25, 0.3) is 0 Å². The van der Waals surface area contributed by atoms with Gasteiger partial charge in [-0.2, -0.15) is 0 Å². The molecule has 0 aromatic heterocycles. The number of carbonyl (C=O) groups is 3. The maximum absolute atomic E-state index is 13.5. The van der Waals surface area contributed by atoms with Crippen LogP contribution >= 0.6 is 0 Å². The van der Waals surface area contributed by atoms with Crippen molar-refractivity contribution in [1.29, 1.82) is 0 Å². The molecule has 85 heavy (non-hydrogen) atoms. The van der Waals surface area contributed by atoms with Crippen LogP contribution in [0.1, 0.15) is 213 Å². The number of rotatable bonds is 47. The van der Waals surface area contributed by atoms with Gasteiger partial charge >= 0.3 is 5.97 Å². The molecule has 3 saturated heterocycles. The molecule has 0 saturated carbocycles. The van der Waals surface area contributed by atoms with Gasteiger partial charge in [0, 0.05) is 6.42 Å². The van der Waals surface area contributed by atoms with Crippen molar-refractivity contribution >= 4 is 17.8 Å². The summed E-state index contributed by atoms with van der Waals surface area (Å²) >= 11 is 0. The Labute approximate surface area is 504 Å². The number of ether oxygens (including phenoxy) is 6. The van der Waals surface area contributed by atoms with Crippen LogP contribution in [0.2, 0.25) is 0 Å². The first kappa shape index (κ1) is 76.7. The number of aliphatic carboxylic acids is 1. The fourth-order valence-corrected chi connectivity index (χ4v) is 11.0. The third-order valence-corrected chi connectivity index (χ3v) is 16.6. The molecular weight excluding hydrogens is 1110 g/mol. The van der Waals surface area contributed by atoms with Crippen molar-refractivity contribution in [3.63, 3.8) is 0 Å². The van der Waals surface area contributed by atoms with Crippen molar-refractivity contribution in [3.05, 3.63) is 12.2 Å². The summed E-state index contributed by atoms with van der Waals surface area (Å²) in [5.41, 5.74) is 0. The highest BCUT2D eigenvalue weighted by Gasteiger charge is 2.57. The van der Waals surface area contributed by atoms with E-state index in [4.69, 9.17) is 28.4 Å². The number of aliphatic hydroxyl groups excluding tert-OH is 12. The molecule has 2 amide bonds. The normalized spacial score (nSPS) is 30.0. The van der Waals surface area contributed by atoms with Gasteiger partial charge in [-0.15, -0.1) is 0 Å². The predicted octanol–water partition coefficient (Wildman–Crippen LogP) is 2.92. The number of carbonyl (C=O) groups excluding carboxylic acids is 2. The van der Waals surface area contributed by atoms with Crippen LogP contribution in [0.4, 0.5) is 0 Å². The molecular formula is C61H112N2O22. The lowest BCUT2D eigenvalue weighted by Gasteiger charge is -2.47. The molecule has 24 nitrogen and oxygen atoms in total. The molecule has 0 spiro atoms. The van der Waals surface area contributed by atoms with Crippen molar-refractivity contribution in [3.8, 4) is 0 Å². The number of aliphatic hydroxyl groups is 12. The lowest BCUT2D eigenvalue weighted by atomic mass is 9.88. The summed E-state index contributed by atoms with van der Waals surface area (Å²) in [5.74, 6) is -6.73. The van der Waals surface area contributed by atoms with Crippen molar-refractivity contribution in [2.75, 3.05) is 26.4 Å². The van der Waals surface area contributed by atoms with E-state index in [0.29, 0.717) is 12.8 Å². The second-order valence-corrected chi connectivity index (χ2v) is 23.9. The van der Waals surface area contributed by atoms with Gasteiger partial charge in [-0.1, -0.05) is 193 Å². The third-order valence-electron chi connectivity index (χ3n) is 16.6. The number of hydrogen-bond donors (Lipinski definition) is 15. The van der Waals surface area contributed by atoms with E-state index in [0.717, 1.165) is 51.4 Å². The van der Waals surface area contributed by atoms with Crippen molar-refractivity contribution in [1.82, 2.24) is 10.6 Å².